The molecule has 0 radical (unpaired) electrons. The molecule has 0 amide bonds. The number of hydrogen-bond acceptors (Lipinski definition) is 5. The largest absolute Gasteiger partial charge is 0.361 e. The summed E-state index contributed by atoms with van der Waals surface area (Å²) in [7, 11) is 0. The van der Waals surface area contributed by atoms with Gasteiger partial charge >= 0.3 is 0 Å². The van der Waals surface area contributed by atoms with Crippen molar-refractivity contribution in [2.45, 2.75) is 33.2 Å². The molecule has 1 aliphatic heterocycles. The summed E-state index contributed by atoms with van der Waals surface area (Å²) in [4.78, 5) is 11.5. The Morgan fingerprint density at radius 1 is 1.15 bits per heavy atom. The molecule has 4 heterocycles. The number of aryl methyl sites for hydroxylation is 2. The highest BCUT2D eigenvalue weighted by Crippen LogP contribution is 2.27. The van der Waals surface area contributed by atoms with Crippen LogP contribution in [0.4, 0.5) is 0 Å². The van der Waals surface area contributed by atoms with Crippen molar-refractivity contribution in [3.8, 4) is 11.3 Å². The van der Waals surface area contributed by atoms with Crippen LogP contribution in [0.3, 0.4) is 0 Å². The van der Waals surface area contributed by atoms with Crippen molar-refractivity contribution in [3.63, 3.8) is 0 Å². The van der Waals surface area contributed by atoms with Gasteiger partial charge in [-0.05, 0) is 69.0 Å². The Bertz CT molecular complexity index is 855. The fourth-order valence-electron chi connectivity index (χ4n) is 3.85. The van der Waals surface area contributed by atoms with Gasteiger partial charge in [-0.1, -0.05) is 11.2 Å². The molecule has 5 heteroatoms. The molecular formula is C21H24N4O. The van der Waals surface area contributed by atoms with Crippen molar-refractivity contribution in [2.75, 3.05) is 13.1 Å². The van der Waals surface area contributed by atoms with Crippen molar-refractivity contribution in [2.24, 2.45) is 5.92 Å². The van der Waals surface area contributed by atoms with Crippen molar-refractivity contribution >= 4 is 0 Å². The van der Waals surface area contributed by atoms with Gasteiger partial charge < -0.3 is 4.52 Å². The lowest BCUT2D eigenvalue weighted by Gasteiger charge is -2.16. The molecule has 1 fully saturated rings. The van der Waals surface area contributed by atoms with E-state index in [1.807, 2.05) is 32.3 Å². The zero-order valence-electron chi connectivity index (χ0n) is 15.4. The Morgan fingerprint density at radius 2 is 2.00 bits per heavy atom. The van der Waals surface area contributed by atoms with E-state index >= 15 is 0 Å². The van der Waals surface area contributed by atoms with E-state index in [4.69, 9.17) is 9.51 Å². The van der Waals surface area contributed by atoms with E-state index in [2.05, 4.69) is 39.3 Å². The first-order chi connectivity index (χ1) is 12.7. The minimum Gasteiger partial charge on any atom is -0.361 e. The smallest absolute Gasteiger partial charge is 0.143 e. The minimum atomic E-state index is 0.657. The third kappa shape index (κ3) is 3.68. The van der Waals surface area contributed by atoms with Gasteiger partial charge in [-0.2, -0.15) is 0 Å². The van der Waals surface area contributed by atoms with E-state index in [1.54, 1.807) is 0 Å². The summed E-state index contributed by atoms with van der Waals surface area (Å²) in [5, 5.41) is 4.05. The Kier molecular flexibility index (Phi) is 4.80. The quantitative estimate of drug-likeness (QED) is 0.702. The fourth-order valence-corrected chi connectivity index (χ4v) is 3.85. The predicted octanol–water partition coefficient (Wildman–Crippen LogP) is 3.81. The summed E-state index contributed by atoms with van der Waals surface area (Å²) < 4.78 is 5.29. The molecule has 3 aromatic heterocycles. The second-order valence-corrected chi connectivity index (χ2v) is 7.16. The Morgan fingerprint density at radius 3 is 2.77 bits per heavy atom. The van der Waals surface area contributed by atoms with Crippen LogP contribution in [-0.4, -0.2) is 33.1 Å². The molecule has 1 atom stereocenters. The monoisotopic (exact) mass is 348 g/mol. The van der Waals surface area contributed by atoms with Crippen molar-refractivity contribution in [1.29, 1.82) is 0 Å². The van der Waals surface area contributed by atoms with Crippen molar-refractivity contribution in [1.82, 2.24) is 20.0 Å². The number of nitrogens with zero attached hydrogens (tertiary/aromatic N) is 4. The molecule has 0 N–H and O–H groups in total. The lowest BCUT2D eigenvalue weighted by atomic mass is 10.0. The summed E-state index contributed by atoms with van der Waals surface area (Å²) in [5.41, 5.74) is 5.37. The number of likely N-dealkylation sites (tertiary alicyclic amines) is 1. The summed E-state index contributed by atoms with van der Waals surface area (Å²) in [6.45, 7) is 7.19. The van der Waals surface area contributed by atoms with Gasteiger partial charge in [-0.15, -0.1) is 0 Å². The highest BCUT2D eigenvalue weighted by Gasteiger charge is 2.23. The first-order valence-electron chi connectivity index (χ1n) is 9.19. The van der Waals surface area contributed by atoms with Crippen LogP contribution < -0.4 is 0 Å². The van der Waals surface area contributed by atoms with Gasteiger partial charge in [0, 0.05) is 31.2 Å². The number of rotatable bonds is 5. The molecule has 0 aliphatic carbocycles. The van der Waals surface area contributed by atoms with Gasteiger partial charge in [0.1, 0.15) is 5.76 Å². The maximum atomic E-state index is 5.29. The molecule has 1 unspecified atom stereocenters. The Balaban J connectivity index is 1.41. The van der Waals surface area contributed by atoms with Gasteiger partial charge in [-0.25, -0.2) is 0 Å². The van der Waals surface area contributed by atoms with Crippen LogP contribution in [0.25, 0.3) is 11.3 Å². The molecule has 0 spiro atoms. The van der Waals surface area contributed by atoms with Crippen molar-refractivity contribution in [3.05, 3.63) is 65.4 Å². The highest BCUT2D eigenvalue weighted by molar-refractivity contribution is 5.63. The number of hydrogen-bond donors (Lipinski definition) is 0. The molecule has 1 aliphatic rings. The molecule has 1 saturated heterocycles. The maximum Gasteiger partial charge on any atom is 0.143 e. The topological polar surface area (TPSA) is 55.1 Å². The first kappa shape index (κ1) is 16.9. The van der Waals surface area contributed by atoms with Crippen LogP contribution in [-0.2, 0) is 13.0 Å². The van der Waals surface area contributed by atoms with Crippen LogP contribution in [0.5, 0.6) is 0 Å². The van der Waals surface area contributed by atoms with Gasteiger partial charge in [0.15, 0.2) is 0 Å². The van der Waals surface area contributed by atoms with Gasteiger partial charge in [-0.3, -0.25) is 14.9 Å². The second kappa shape index (κ2) is 7.38. The Labute approximate surface area is 154 Å². The van der Waals surface area contributed by atoms with Crippen LogP contribution in [0.15, 0.2) is 47.2 Å². The summed E-state index contributed by atoms with van der Waals surface area (Å²) in [6.07, 6.45) is 5.98. The lowest BCUT2D eigenvalue weighted by Crippen LogP contribution is -2.20. The third-order valence-corrected chi connectivity index (χ3v) is 5.12. The standard InChI is InChI=1S/C21H24N4O/c1-15-21(16(2)26-24-15)20-5-3-4-19(23-20)12-18-8-11-25(14-18)13-17-6-9-22-10-7-17/h3-7,9-10,18H,8,11-14H2,1-2H3. The molecular weight excluding hydrogens is 324 g/mol. The van der Waals surface area contributed by atoms with Crippen molar-refractivity contribution < 1.29 is 4.52 Å². The molecule has 0 aromatic carbocycles. The zero-order valence-corrected chi connectivity index (χ0v) is 15.4. The van der Waals surface area contributed by atoms with E-state index in [0.29, 0.717) is 5.92 Å². The molecule has 5 nitrogen and oxygen atoms in total. The van der Waals surface area contributed by atoms with E-state index in [1.165, 1.54) is 12.0 Å². The van der Waals surface area contributed by atoms with Gasteiger partial charge in [0.05, 0.1) is 17.0 Å². The first-order valence-corrected chi connectivity index (χ1v) is 9.19. The van der Waals surface area contributed by atoms with Crippen LogP contribution in [0, 0.1) is 19.8 Å². The maximum absolute atomic E-state index is 5.29. The molecule has 0 saturated carbocycles. The predicted molar refractivity (Wildman–Crippen MR) is 101 cm³/mol. The van der Waals surface area contributed by atoms with E-state index in [9.17, 15) is 0 Å². The Hall–Kier alpha value is -2.53. The van der Waals surface area contributed by atoms with E-state index < -0.39 is 0 Å². The summed E-state index contributed by atoms with van der Waals surface area (Å²) in [6, 6.07) is 10.5. The highest BCUT2D eigenvalue weighted by atomic mass is 16.5. The lowest BCUT2D eigenvalue weighted by molar-refractivity contribution is 0.316. The molecule has 134 valence electrons. The van der Waals surface area contributed by atoms with E-state index in [-0.39, 0.29) is 0 Å². The van der Waals surface area contributed by atoms with Crippen LogP contribution in [0.2, 0.25) is 0 Å². The molecule has 26 heavy (non-hydrogen) atoms. The van der Waals surface area contributed by atoms with Crippen LogP contribution >= 0.6 is 0 Å². The third-order valence-electron chi connectivity index (χ3n) is 5.12. The van der Waals surface area contributed by atoms with Crippen LogP contribution in [0.1, 0.15) is 29.1 Å². The average Bonchev–Trinajstić information content (AvgIpc) is 3.22. The van der Waals surface area contributed by atoms with E-state index in [0.717, 1.165) is 54.5 Å². The average molecular weight is 348 g/mol. The molecule has 0 bridgehead atoms. The SMILES string of the molecule is Cc1noc(C)c1-c1cccc(CC2CCN(Cc3ccncc3)C2)n1. The zero-order chi connectivity index (χ0) is 17.9. The summed E-state index contributed by atoms with van der Waals surface area (Å²) in [5.74, 6) is 1.49. The molecule has 4 rings (SSSR count). The van der Waals surface area contributed by atoms with Gasteiger partial charge in [0.2, 0.25) is 0 Å². The minimum absolute atomic E-state index is 0.657. The molecule has 3 aromatic rings. The second-order valence-electron chi connectivity index (χ2n) is 7.16. The number of pyridine rings is 2. The summed E-state index contributed by atoms with van der Waals surface area (Å²) >= 11 is 0. The number of aromatic nitrogens is 3. The van der Waals surface area contributed by atoms with Gasteiger partial charge in [0.25, 0.3) is 0 Å². The fraction of sp³-hybridized carbons (Fsp3) is 0.381. The normalized spacial score (nSPS) is 17.7.